The van der Waals surface area contributed by atoms with E-state index in [4.69, 9.17) is 0 Å². The minimum atomic E-state index is -0.706. The van der Waals surface area contributed by atoms with Gasteiger partial charge in [-0.2, -0.15) is 0 Å². The lowest BCUT2D eigenvalue weighted by atomic mass is 10.5. The Morgan fingerprint density at radius 3 is 2.64 bits per heavy atom. The average molecular weight is 154 g/mol. The Kier molecular flexibility index (Phi) is 4.63. The topological polar surface area (TPSA) is 67.4 Å². The molecule has 0 saturated carbocycles. The molecule has 1 amide bonds. The van der Waals surface area contributed by atoms with Gasteiger partial charge in [0.15, 0.2) is 0 Å². The second kappa shape index (κ2) is 5.34. The van der Waals surface area contributed by atoms with E-state index in [9.17, 15) is 9.59 Å². The standard InChI is InChI=1S/C5H7BN2O3/c1-4(9)8-7-3-2-5(10)11-6/h2-3,7H,1H3,(H,8,9)/b3-2+. The van der Waals surface area contributed by atoms with Gasteiger partial charge in [-0.15, -0.1) is 0 Å². The largest absolute Gasteiger partial charge is 0.540 e. The van der Waals surface area contributed by atoms with Crippen LogP contribution >= 0.6 is 0 Å². The molecule has 0 unspecified atom stereocenters. The van der Waals surface area contributed by atoms with E-state index in [2.05, 4.69) is 23.6 Å². The van der Waals surface area contributed by atoms with E-state index >= 15 is 0 Å². The van der Waals surface area contributed by atoms with Gasteiger partial charge in [-0.1, -0.05) is 0 Å². The zero-order valence-corrected chi connectivity index (χ0v) is 5.96. The lowest BCUT2D eigenvalue weighted by Crippen LogP contribution is -2.31. The van der Waals surface area contributed by atoms with Crippen molar-refractivity contribution in [3.05, 3.63) is 12.3 Å². The molecule has 0 aromatic carbocycles. The highest BCUT2D eigenvalue weighted by Crippen LogP contribution is 1.72. The Labute approximate surface area is 65.2 Å². The van der Waals surface area contributed by atoms with Crippen LogP contribution < -0.4 is 10.9 Å². The number of hydrogen-bond acceptors (Lipinski definition) is 4. The molecule has 11 heavy (non-hydrogen) atoms. The van der Waals surface area contributed by atoms with Crippen LogP contribution in [0.1, 0.15) is 6.92 Å². The number of hydrogen-bond donors (Lipinski definition) is 2. The normalized spacial score (nSPS) is 9.18. The monoisotopic (exact) mass is 154 g/mol. The molecule has 58 valence electrons. The summed E-state index contributed by atoms with van der Waals surface area (Å²) in [4.78, 5) is 20.5. The Morgan fingerprint density at radius 1 is 1.55 bits per heavy atom. The van der Waals surface area contributed by atoms with Gasteiger partial charge in [-0.05, 0) is 0 Å². The molecule has 0 aliphatic heterocycles. The summed E-state index contributed by atoms with van der Waals surface area (Å²) in [6.45, 7) is 1.32. The molecule has 0 aliphatic rings. The maximum Gasteiger partial charge on any atom is 0.378 e. The van der Waals surface area contributed by atoms with Gasteiger partial charge in [0, 0.05) is 19.2 Å². The summed E-state index contributed by atoms with van der Waals surface area (Å²) in [7, 11) is 4.50. The van der Waals surface area contributed by atoms with Gasteiger partial charge in [-0.25, -0.2) is 4.79 Å². The quantitative estimate of drug-likeness (QED) is 0.303. The van der Waals surface area contributed by atoms with Crippen LogP contribution in [0.2, 0.25) is 0 Å². The van der Waals surface area contributed by atoms with Gasteiger partial charge in [0.2, 0.25) is 5.91 Å². The van der Waals surface area contributed by atoms with E-state index in [0.29, 0.717) is 0 Å². The molecule has 0 fully saturated rings. The van der Waals surface area contributed by atoms with Crippen LogP contribution in [0.5, 0.6) is 0 Å². The molecule has 0 saturated heterocycles. The van der Waals surface area contributed by atoms with Crippen molar-refractivity contribution in [3.8, 4) is 0 Å². The van der Waals surface area contributed by atoms with E-state index in [1.807, 2.05) is 0 Å². The fraction of sp³-hybridized carbons (Fsp3) is 0.200. The summed E-state index contributed by atoms with van der Waals surface area (Å²) < 4.78 is 3.78. The predicted octanol–water partition coefficient (Wildman–Crippen LogP) is -1.23. The van der Waals surface area contributed by atoms with Crippen LogP contribution in [0.25, 0.3) is 0 Å². The number of rotatable bonds is 3. The molecular formula is C5H7BN2O3. The van der Waals surface area contributed by atoms with Crippen molar-refractivity contribution in [1.82, 2.24) is 10.9 Å². The molecule has 0 spiro atoms. The lowest BCUT2D eigenvalue weighted by molar-refractivity contribution is -0.128. The first-order chi connectivity index (χ1) is 5.16. The fourth-order valence-corrected chi connectivity index (χ4v) is 0.292. The summed E-state index contributed by atoms with van der Waals surface area (Å²) in [6, 6.07) is 0. The zero-order chi connectivity index (χ0) is 8.69. The SMILES string of the molecule is [B]OC(=O)/C=C/NNC(C)=O. The summed E-state index contributed by atoms with van der Waals surface area (Å²) in [5.41, 5.74) is 4.51. The number of amides is 1. The second-order valence-electron chi connectivity index (χ2n) is 1.60. The predicted molar refractivity (Wildman–Crippen MR) is 37.9 cm³/mol. The highest BCUT2D eigenvalue weighted by molar-refractivity contribution is 6.07. The van der Waals surface area contributed by atoms with Crippen LogP contribution in [0.15, 0.2) is 12.3 Å². The van der Waals surface area contributed by atoms with Crippen molar-refractivity contribution in [2.45, 2.75) is 6.92 Å². The number of carbonyl (C=O) groups excluding carboxylic acids is 2. The summed E-state index contributed by atoms with van der Waals surface area (Å²) in [5, 5.41) is 0. The minimum absolute atomic E-state index is 0.268. The van der Waals surface area contributed by atoms with Crippen molar-refractivity contribution >= 4 is 19.9 Å². The fourth-order valence-electron chi connectivity index (χ4n) is 0.292. The van der Waals surface area contributed by atoms with E-state index in [1.54, 1.807) is 0 Å². The molecule has 0 heterocycles. The molecule has 2 N–H and O–H groups in total. The molecule has 0 bridgehead atoms. The summed E-state index contributed by atoms with van der Waals surface area (Å²) in [5.74, 6) is -0.974. The summed E-state index contributed by atoms with van der Waals surface area (Å²) in [6.07, 6.45) is 2.21. The molecule has 0 aromatic rings. The number of hydrazine groups is 1. The van der Waals surface area contributed by atoms with E-state index < -0.39 is 5.97 Å². The first-order valence-corrected chi connectivity index (χ1v) is 2.76. The van der Waals surface area contributed by atoms with Crippen LogP contribution in [0, 0.1) is 0 Å². The zero-order valence-electron chi connectivity index (χ0n) is 5.96. The third-order valence-electron chi connectivity index (χ3n) is 0.667. The summed E-state index contributed by atoms with van der Waals surface area (Å²) >= 11 is 0. The Hall–Kier alpha value is -1.46. The molecule has 6 heteroatoms. The van der Waals surface area contributed by atoms with Crippen molar-refractivity contribution < 1.29 is 14.2 Å². The molecule has 2 radical (unpaired) electrons. The first-order valence-electron chi connectivity index (χ1n) is 2.76. The molecule has 0 aliphatic carbocycles. The Balaban J connectivity index is 3.45. The highest BCUT2D eigenvalue weighted by atomic mass is 16.5. The number of nitrogens with one attached hydrogen (secondary N) is 2. The van der Waals surface area contributed by atoms with Crippen molar-refractivity contribution in [3.63, 3.8) is 0 Å². The van der Waals surface area contributed by atoms with E-state index in [1.165, 1.54) is 13.1 Å². The molecule has 0 atom stereocenters. The van der Waals surface area contributed by atoms with Crippen molar-refractivity contribution in [1.29, 1.82) is 0 Å². The Bertz CT molecular complexity index is 181. The Morgan fingerprint density at radius 2 is 2.18 bits per heavy atom. The van der Waals surface area contributed by atoms with Gasteiger partial charge in [0.05, 0.1) is 0 Å². The highest BCUT2D eigenvalue weighted by Gasteiger charge is 1.88. The average Bonchev–Trinajstić information content (AvgIpc) is 1.97. The van der Waals surface area contributed by atoms with Crippen molar-refractivity contribution in [2.24, 2.45) is 0 Å². The molecule has 0 aromatic heterocycles. The second-order valence-corrected chi connectivity index (χ2v) is 1.60. The van der Waals surface area contributed by atoms with Gasteiger partial charge >= 0.3 is 14.0 Å². The minimum Gasteiger partial charge on any atom is -0.540 e. The van der Waals surface area contributed by atoms with E-state index in [-0.39, 0.29) is 5.91 Å². The van der Waals surface area contributed by atoms with Gasteiger partial charge in [0.1, 0.15) is 0 Å². The maximum absolute atomic E-state index is 10.3. The van der Waals surface area contributed by atoms with Gasteiger partial charge in [-0.3, -0.25) is 10.2 Å². The lowest BCUT2D eigenvalue weighted by Gasteiger charge is -1.97. The molecule has 0 rings (SSSR count). The smallest absolute Gasteiger partial charge is 0.378 e. The van der Waals surface area contributed by atoms with Crippen molar-refractivity contribution in [2.75, 3.05) is 0 Å². The number of carbonyl (C=O) groups is 2. The van der Waals surface area contributed by atoms with Crippen LogP contribution in [0.4, 0.5) is 0 Å². The third kappa shape index (κ3) is 6.43. The van der Waals surface area contributed by atoms with Crippen LogP contribution in [0.3, 0.4) is 0 Å². The van der Waals surface area contributed by atoms with Crippen LogP contribution in [-0.2, 0) is 14.2 Å². The van der Waals surface area contributed by atoms with Gasteiger partial charge in [0.25, 0.3) is 0 Å². The van der Waals surface area contributed by atoms with Crippen LogP contribution in [-0.4, -0.2) is 19.9 Å². The first kappa shape index (κ1) is 9.54. The maximum atomic E-state index is 10.3. The molecule has 5 nitrogen and oxygen atoms in total. The van der Waals surface area contributed by atoms with E-state index in [0.717, 1.165) is 6.08 Å². The third-order valence-corrected chi connectivity index (χ3v) is 0.667. The molecular weight excluding hydrogens is 147 g/mol. The van der Waals surface area contributed by atoms with Gasteiger partial charge < -0.3 is 10.1 Å².